The highest BCUT2D eigenvalue weighted by atomic mass is 79.9. The van der Waals surface area contributed by atoms with Gasteiger partial charge in [-0.2, -0.15) is 5.10 Å². The maximum atomic E-state index is 13.1. The summed E-state index contributed by atoms with van der Waals surface area (Å²) in [6, 6.07) is 29.3. The summed E-state index contributed by atoms with van der Waals surface area (Å²) in [7, 11) is 0. The van der Waals surface area contributed by atoms with Crippen LogP contribution in [0, 0.1) is 0 Å². The quantitative estimate of drug-likeness (QED) is 0.347. The third-order valence-electron chi connectivity index (χ3n) is 4.96. The Hall–Kier alpha value is -3.77. The summed E-state index contributed by atoms with van der Waals surface area (Å²) in [6.07, 6.45) is 1.57. The lowest BCUT2D eigenvalue weighted by Crippen LogP contribution is -2.12. The van der Waals surface area contributed by atoms with Crippen molar-refractivity contribution in [2.45, 2.75) is 0 Å². The second-order valence-corrected chi connectivity index (χ2v) is 7.93. The highest BCUT2D eigenvalue weighted by Gasteiger charge is 2.18. The number of fused-ring (bicyclic) bond motifs is 1. The van der Waals surface area contributed by atoms with Crippen LogP contribution in [0.2, 0.25) is 0 Å². The molecule has 0 saturated carbocycles. The summed E-state index contributed by atoms with van der Waals surface area (Å²) in [5, 5.41) is 7.42. The van der Waals surface area contributed by atoms with Crippen molar-refractivity contribution >= 4 is 33.2 Å². The van der Waals surface area contributed by atoms with Crippen molar-refractivity contribution < 1.29 is 4.79 Å². The van der Waals surface area contributed by atoms with Gasteiger partial charge in [-0.1, -0.05) is 76.6 Å². The molecule has 3 aromatic carbocycles. The molecule has 5 nitrogen and oxygen atoms in total. The summed E-state index contributed by atoms with van der Waals surface area (Å²) >= 11 is 3.41. The minimum absolute atomic E-state index is 0.256. The normalized spacial score (nSPS) is 10.9. The van der Waals surface area contributed by atoms with Gasteiger partial charge < -0.3 is 5.32 Å². The van der Waals surface area contributed by atoms with E-state index in [1.807, 2.05) is 91.0 Å². The van der Waals surface area contributed by atoms with Crippen LogP contribution in [0.15, 0.2) is 102 Å². The van der Waals surface area contributed by atoms with Crippen LogP contribution >= 0.6 is 15.9 Å². The topological polar surface area (TPSA) is 59.3 Å². The Morgan fingerprint density at radius 1 is 0.839 bits per heavy atom. The standard InChI is InChI=1S/C25H17BrN4O/c26-19-11-13-20(14-12-19)28-25(31)21-16-27-30-23(18-9-5-2-6-10-18)15-22(29-24(21)30)17-7-3-1-4-8-17/h1-16H,(H,28,31). The van der Waals surface area contributed by atoms with E-state index in [2.05, 4.69) is 26.3 Å². The van der Waals surface area contributed by atoms with E-state index in [0.29, 0.717) is 16.9 Å². The second-order valence-electron chi connectivity index (χ2n) is 7.01. The van der Waals surface area contributed by atoms with E-state index < -0.39 is 0 Å². The van der Waals surface area contributed by atoms with Gasteiger partial charge >= 0.3 is 0 Å². The molecule has 0 unspecified atom stereocenters. The van der Waals surface area contributed by atoms with E-state index in [4.69, 9.17) is 4.98 Å². The smallest absolute Gasteiger partial charge is 0.261 e. The molecule has 0 atom stereocenters. The number of benzene rings is 3. The highest BCUT2D eigenvalue weighted by Crippen LogP contribution is 2.27. The summed E-state index contributed by atoms with van der Waals surface area (Å²) in [5.41, 5.74) is 5.25. The summed E-state index contributed by atoms with van der Waals surface area (Å²) in [5.74, 6) is -0.256. The molecule has 31 heavy (non-hydrogen) atoms. The minimum atomic E-state index is -0.256. The van der Waals surface area contributed by atoms with Crippen molar-refractivity contribution in [2.24, 2.45) is 0 Å². The number of carbonyl (C=O) groups is 1. The molecule has 0 aliphatic carbocycles. The fourth-order valence-electron chi connectivity index (χ4n) is 3.43. The molecule has 0 aliphatic rings. The molecule has 1 amide bonds. The Kier molecular flexibility index (Phi) is 5.06. The van der Waals surface area contributed by atoms with Crippen molar-refractivity contribution in [3.63, 3.8) is 0 Å². The largest absolute Gasteiger partial charge is 0.322 e. The zero-order valence-electron chi connectivity index (χ0n) is 16.4. The zero-order chi connectivity index (χ0) is 21.2. The van der Waals surface area contributed by atoms with Gasteiger partial charge in [0.05, 0.1) is 17.6 Å². The molecule has 2 aromatic heterocycles. The van der Waals surface area contributed by atoms with E-state index in [9.17, 15) is 4.79 Å². The third-order valence-corrected chi connectivity index (χ3v) is 5.49. The molecule has 150 valence electrons. The van der Waals surface area contributed by atoms with Gasteiger partial charge in [0.15, 0.2) is 5.65 Å². The zero-order valence-corrected chi connectivity index (χ0v) is 18.0. The van der Waals surface area contributed by atoms with Gasteiger partial charge in [-0.3, -0.25) is 4.79 Å². The molecule has 0 saturated heterocycles. The van der Waals surface area contributed by atoms with Gasteiger partial charge in [-0.15, -0.1) is 0 Å². The van der Waals surface area contributed by atoms with Crippen LogP contribution in [0.25, 0.3) is 28.2 Å². The lowest BCUT2D eigenvalue weighted by atomic mass is 10.1. The molecule has 0 bridgehead atoms. The van der Waals surface area contributed by atoms with Crippen molar-refractivity contribution in [1.29, 1.82) is 0 Å². The van der Waals surface area contributed by atoms with Crippen LogP contribution in [-0.4, -0.2) is 20.5 Å². The van der Waals surface area contributed by atoms with E-state index >= 15 is 0 Å². The van der Waals surface area contributed by atoms with Gasteiger partial charge in [0.25, 0.3) is 5.91 Å². The number of nitrogens with zero attached hydrogens (tertiary/aromatic N) is 3. The Balaban J connectivity index is 1.65. The first-order valence-electron chi connectivity index (χ1n) is 9.75. The molecule has 0 fully saturated rings. The van der Waals surface area contributed by atoms with Crippen molar-refractivity contribution in [2.75, 3.05) is 5.32 Å². The van der Waals surface area contributed by atoms with Gasteiger partial charge in [0, 0.05) is 21.3 Å². The van der Waals surface area contributed by atoms with Crippen LogP contribution in [0.3, 0.4) is 0 Å². The maximum Gasteiger partial charge on any atom is 0.261 e. The molecule has 0 radical (unpaired) electrons. The Labute approximate surface area is 187 Å². The molecule has 1 N–H and O–H groups in total. The molecule has 6 heteroatoms. The molecule has 0 spiro atoms. The van der Waals surface area contributed by atoms with Gasteiger partial charge in [-0.05, 0) is 30.3 Å². The number of anilines is 1. The summed E-state index contributed by atoms with van der Waals surface area (Å²) < 4.78 is 2.67. The fourth-order valence-corrected chi connectivity index (χ4v) is 3.69. The van der Waals surface area contributed by atoms with E-state index in [0.717, 1.165) is 27.0 Å². The number of aromatic nitrogens is 3. The molecule has 0 aliphatic heterocycles. The van der Waals surface area contributed by atoms with Gasteiger partial charge in [0.2, 0.25) is 0 Å². The lowest BCUT2D eigenvalue weighted by molar-refractivity contribution is 0.102. The second kappa shape index (κ2) is 8.16. The number of halogens is 1. The van der Waals surface area contributed by atoms with Gasteiger partial charge in [-0.25, -0.2) is 9.50 Å². The van der Waals surface area contributed by atoms with Crippen molar-refractivity contribution in [1.82, 2.24) is 14.6 Å². The maximum absolute atomic E-state index is 13.1. The first-order chi connectivity index (χ1) is 15.2. The third kappa shape index (κ3) is 3.85. The van der Waals surface area contributed by atoms with E-state index in [-0.39, 0.29) is 5.91 Å². The molecular formula is C25H17BrN4O. The Morgan fingerprint density at radius 3 is 2.16 bits per heavy atom. The molecule has 2 heterocycles. The molecule has 5 aromatic rings. The summed E-state index contributed by atoms with van der Waals surface area (Å²) in [6.45, 7) is 0. The average molecular weight is 469 g/mol. The van der Waals surface area contributed by atoms with E-state index in [1.165, 1.54) is 0 Å². The van der Waals surface area contributed by atoms with Crippen molar-refractivity contribution in [3.05, 3.63) is 107 Å². The summed E-state index contributed by atoms with van der Waals surface area (Å²) in [4.78, 5) is 17.9. The Morgan fingerprint density at radius 2 is 1.48 bits per heavy atom. The number of hydrogen-bond acceptors (Lipinski definition) is 3. The Bertz CT molecular complexity index is 1360. The van der Waals surface area contributed by atoms with Crippen molar-refractivity contribution in [3.8, 4) is 22.5 Å². The fraction of sp³-hybridized carbons (Fsp3) is 0. The SMILES string of the molecule is O=C(Nc1ccc(Br)cc1)c1cnn2c(-c3ccccc3)cc(-c3ccccc3)nc12. The lowest BCUT2D eigenvalue weighted by Gasteiger charge is -2.10. The minimum Gasteiger partial charge on any atom is -0.322 e. The number of hydrogen-bond donors (Lipinski definition) is 1. The first kappa shape index (κ1) is 19.2. The predicted octanol–water partition coefficient (Wildman–Crippen LogP) is 6.08. The molecular weight excluding hydrogens is 452 g/mol. The average Bonchev–Trinajstić information content (AvgIpc) is 3.25. The predicted molar refractivity (Wildman–Crippen MR) is 126 cm³/mol. The monoisotopic (exact) mass is 468 g/mol. The van der Waals surface area contributed by atoms with Gasteiger partial charge in [0.1, 0.15) is 5.56 Å². The van der Waals surface area contributed by atoms with Crippen LogP contribution in [0.4, 0.5) is 5.69 Å². The van der Waals surface area contributed by atoms with Crippen LogP contribution in [-0.2, 0) is 0 Å². The number of nitrogens with one attached hydrogen (secondary N) is 1. The van der Waals surface area contributed by atoms with Crippen LogP contribution < -0.4 is 5.32 Å². The number of carbonyl (C=O) groups excluding carboxylic acids is 1. The van der Waals surface area contributed by atoms with Crippen LogP contribution in [0.5, 0.6) is 0 Å². The van der Waals surface area contributed by atoms with E-state index in [1.54, 1.807) is 10.7 Å². The first-order valence-corrected chi connectivity index (χ1v) is 10.5. The molecule has 5 rings (SSSR count). The number of rotatable bonds is 4. The van der Waals surface area contributed by atoms with Crippen LogP contribution in [0.1, 0.15) is 10.4 Å². The number of amides is 1. The highest BCUT2D eigenvalue weighted by molar-refractivity contribution is 9.10.